The summed E-state index contributed by atoms with van der Waals surface area (Å²) >= 11 is 1.65. The number of ether oxygens (including phenoxy) is 1. The summed E-state index contributed by atoms with van der Waals surface area (Å²) in [5.41, 5.74) is 5.39. The number of benzene rings is 2. The Labute approximate surface area is 200 Å². The molecule has 9 heteroatoms. The monoisotopic (exact) mass is 480 g/mol. The molecular weight excluding hydrogens is 455 g/mol. The first-order chi connectivity index (χ1) is 16.5. The molecule has 1 aliphatic heterocycles. The van der Waals surface area contributed by atoms with E-state index in [0.717, 1.165) is 25.2 Å². The normalized spacial score (nSPS) is 16.7. The van der Waals surface area contributed by atoms with E-state index in [1.165, 1.54) is 22.4 Å². The number of aryl methyl sites for hydroxylation is 1. The molecule has 0 spiro atoms. The van der Waals surface area contributed by atoms with Gasteiger partial charge in [0.15, 0.2) is 0 Å². The number of hydrogen-bond acceptors (Lipinski definition) is 7. The van der Waals surface area contributed by atoms with Crippen LogP contribution in [0.15, 0.2) is 52.4 Å². The third-order valence-electron chi connectivity index (χ3n) is 5.86. The Balaban J connectivity index is 1.13. The predicted octanol–water partition coefficient (Wildman–Crippen LogP) is 3.96. The van der Waals surface area contributed by atoms with E-state index in [-0.39, 0.29) is 24.2 Å². The lowest BCUT2D eigenvalue weighted by Crippen LogP contribution is -2.47. The summed E-state index contributed by atoms with van der Waals surface area (Å²) in [6.07, 6.45) is 0.0416. The van der Waals surface area contributed by atoms with E-state index < -0.39 is 0 Å². The van der Waals surface area contributed by atoms with Gasteiger partial charge in [-0.15, -0.1) is 11.3 Å². The number of carbonyl (C=O) groups excluding carboxylic acids is 1. The highest BCUT2D eigenvalue weighted by molar-refractivity contribution is 7.16. The molecule has 176 valence electrons. The van der Waals surface area contributed by atoms with Crippen molar-refractivity contribution in [2.75, 3.05) is 26.2 Å². The second kappa shape index (κ2) is 10.0. The van der Waals surface area contributed by atoms with E-state index in [2.05, 4.69) is 38.4 Å². The lowest BCUT2D eigenvalue weighted by molar-refractivity contribution is -0.121. The molecule has 2 aromatic heterocycles. The van der Waals surface area contributed by atoms with Crippen molar-refractivity contribution in [2.45, 2.75) is 26.0 Å². The van der Waals surface area contributed by atoms with Gasteiger partial charge in [-0.05, 0) is 48.9 Å². The van der Waals surface area contributed by atoms with Crippen LogP contribution in [0.5, 0.6) is 0 Å². The van der Waals surface area contributed by atoms with Gasteiger partial charge in [0.2, 0.25) is 11.8 Å². The number of nitrogens with zero attached hydrogens (tertiary/aromatic N) is 3. The zero-order chi connectivity index (χ0) is 23.5. The fraction of sp³-hybridized carbons (Fsp3) is 0.320. The number of halogens is 1. The molecule has 0 unspecified atom stereocenters. The fourth-order valence-electron chi connectivity index (χ4n) is 4.05. The summed E-state index contributed by atoms with van der Waals surface area (Å²) in [5.74, 6) is 0.491. The van der Waals surface area contributed by atoms with Crippen molar-refractivity contribution in [3.05, 3.63) is 70.8 Å². The number of morpholine rings is 1. The van der Waals surface area contributed by atoms with Crippen molar-refractivity contribution in [3.8, 4) is 11.5 Å². The average molecular weight is 481 g/mol. The third-order valence-corrected chi connectivity index (χ3v) is 6.66. The number of oxazole rings is 1. The number of hydrogen-bond donors (Lipinski definition) is 1. The first-order valence-corrected chi connectivity index (χ1v) is 12.1. The van der Waals surface area contributed by atoms with Crippen molar-refractivity contribution in [3.63, 3.8) is 0 Å². The number of fused-ring (bicyclic) bond motifs is 1. The van der Waals surface area contributed by atoms with Gasteiger partial charge >= 0.3 is 0 Å². The smallest absolute Gasteiger partial charge is 0.226 e. The summed E-state index contributed by atoms with van der Waals surface area (Å²) in [6.45, 7) is 5.28. The Morgan fingerprint density at radius 3 is 2.97 bits per heavy atom. The van der Waals surface area contributed by atoms with Crippen LogP contribution in [0.1, 0.15) is 17.0 Å². The molecule has 7 nitrogen and oxygen atoms in total. The van der Waals surface area contributed by atoms with Gasteiger partial charge in [-0.1, -0.05) is 6.07 Å². The molecule has 1 amide bonds. The van der Waals surface area contributed by atoms with Crippen molar-refractivity contribution in [1.82, 2.24) is 20.2 Å². The molecule has 1 atom stereocenters. The Hall–Kier alpha value is -3.14. The highest BCUT2D eigenvalue weighted by atomic mass is 32.1. The standard InChI is InChI=1S/C25H25FN4O3S/c1-16-22(29-25(33-16)18-3-5-19(26)6-4-18)11-24(31)27-12-20-14-30(8-9-32-20)13-17-2-7-21-23(10-17)34-15-28-21/h2-7,10,15,20H,8-9,11-14H2,1H3,(H,27,31)/t20-/m0/s1. The summed E-state index contributed by atoms with van der Waals surface area (Å²) in [6, 6.07) is 12.3. The van der Waals surface area contributed by atoms with Crippen molar-refractivity contribution in [1.29, 1.82) is 0 Å². The molecule has 0 saturated carbocycles. The second-order valence-electron chi connectivity index (χ2n) is 8.39. The number of amides is 1. The molecule has 1 aliphatic rings. The van der Waals surface area contributed by atoms with Crippen molar-refractivity contribution >= 4 is 27.5 Å². The third kappa shape index (κ3) is 5.32. The fourth-order valence-corrected chi connectivity index (χ4v) is 4.79. The zero-order valence-corrected chi connectivity index (χ0v) is 19.6. The lowest BCUT2D eigenvalue weighted by Gasteiger charge is -2.33. The number of nitrogens with one attached hydrogen (secondary N) is 1. The van der Waals surface area contributed by atoms with Gasteiger partial charge in [0.05, 0.1) is 40.6 Å². The first kappa shape index (κ1) is 22.6. The Morgan fingerprint density at radius 2 is 2.12 bits per heavy atom. The van der Waals surface area contributed by atoms with Crippen LogP contribution in [0.25, 0.3) is 21.7 Å². The first-order valence-electron chi connectivity index (χ1n) is 11.2. The maximum Gasteiger partial charge on any atom is 0.226 e. The zero-order valence-electron chi connectivity index (χ0n) is 18.8. The molecule has 0 aliphatic carbocycles. The van der Waals surface area contributed by atoms with Crippen LogP contribution in [0.4, 0.5) is 4.39 Å². The van der Waals surface area contributed by atoms with E-state index in [0.29, 0.717) is 36.1 Å². The quantitative estimate of drug-likeness (QED) is 0.431. The minimum absolute atomic E-state index is 0.0713. The van der Waals surface area contributed by atoms with Gasteiger partial charge in [0.1, 0.15) is 11.6 Å². The van der Waals surface area contributed by atoms with E-state index in [4.69, 9.17) is 9.15 Å². The van der Waals surface area contributed by atoms with E-state index >= 15 is 0 Å². The van der Waals surface area contributed by atoms with E-state index in [1.54, 1.807) is 30.4 Å². The number of carbonyl (C=O) groups is 1. The Morgan fingerprint density at radius 1 is 1.26 bits per heavy atom. The maximum absolute atomic E-state index is 13.2. The van der Waals surface area contributed by atoms with Crippen LogP contribution in [0.2, 0.25) is 0 Å². The SMILES string of the molecule is Cc1oc(-c2ccc(F)cc2)nc1CC(=O)NC[C@H]1CN(Cc2ccc3ncsc3c2)CCO1. The molecule has 3 heterocycles. The Bertz CT molecular complexity index is 1290. The molecule has 0 radical (unpaired) electrons. The number of aromatic nitrogens is 2. The molecule has 0 bridgehead atoms. The molecule has 1 N–H and O–H groups in total. The number of thiazole rings is 1. The van der Waals surface area contributed by atoms with E-state index in [1.807, 2.05) is 5.51 Å². The highest BCUT2D eigenvalue weighted by Crippen LogP contribution is 2.23. The van der Waals surface area contributed by atoms with Crippen LogP contribution < -0.4 is 5.32 Å². The summed E-state index contributed by atoms with van der Waals surface area (Å²) in [5, 5.41) is 2.96. The topological polar surface area (TPSA) is 80.5 Å². The molecule has 1 saturated heterocycles. The molecule has 1 fully saturated rings. The average Bonchev–Trinajstić information content (AvgIpc) is 3.45. The Kier molecular flexibility index (Phi) is 6.66. The summed E-state index contributed by atoms with van der Waals surface area (Å²) < 4.78 is 25.9. The second-order valence-corrected chi connectivity index (χ2v) is 9.28. The van der Waals surface area contributed by atoms with Crippen LogP contribution in [-0.2, 0) is 22.5 Å². The maximum atomic E-state index is 13.2. The van der Waals surface area contributed by atoms with Gasteiger partial charge in [-0.25, -0.2) is 14.4 Å². The molecule has 34 heavy (non-hydrogen) atoms. The molecular formula is C25H25FN4O3S. The van der Waals surface area contributed by atoms with Crippen LogP contribution in [0, 0.1) is 12.7 Å². The summed E-state index contributed by atoms with van der Waals surface area (Å²) in [4.78, 5) is 23.7. The van der Waals surface area contributed by atoms with E-state index in [9.17, 15) is 9.18 Å². The lowest BCUT2D eigenvalue weighted by atomic mass is 10.1. The van der Waals surface area contributed by atoms with Crippen LogP contribution in [-0.4, -0.2) is 53.1 Å². The minimum Gasteiger partial charge on any atom is -0.441 e. The molecule has 4 aromatic rings. The van der Waals surface area contributed by atoms with Gasteiger partial charge in [0, 0.05) is 31.7 Å². The van der Waals surface area contributed by atoms with Gasteiger partial charge < -0.3 is 14.5 Å². The van der Waals surface area contributed by atoms with Crippen LogP contribution >= 0.6 is 11.3 Å². The van der Waals surface area contributed by atoms with Gasteiger partial charge in [-0.3, -0.25) is 9.69 Å². The molecule has 5 rings (SSSR count). The number of rotatable bonds is 7. The van der Waals surface area contributed by atoms with Gasteiger partial charge in [0.25, 0.3) is 0 Å². The predicted molar refractivity (Wildman–Crippen MR) is 128 cm³/mol. The summed E-state index contributed by atoms with van der Waals surface area (Å²) in [7, 11) is 0. The molecule has 2 aromatic carbocycles. The minimum atomic E-state index is -0.323. The van der Waals surface area contributed by atoms with Crippen LogP contribution in [0.3, 0.4) is 0 Å². The van der Waals surface area contributed by atoms with Gasteiger partial charge in [-0.2, -0.15) is 0 Å². The van der Waals surface area contributed by atoms with Crippen molar-refractivity contribution in [2.24, 2.45) is 0 Å². The van der Waals surface area contributed by atoms with Crippen molar-refractivity contribution < 1.29 is 18.3 Å². The highest BCUT2D eigenvalue weighted by Gasteiger charge is 2.22. The largest absolute Gasteiger partial charge is 0.441 e.